The minimum absolute atomic E-state index is 0.00396. The lowest BCUT2D eigenvalue weighted by atomic mass is 10.0. The Kier molecular flexibility index (Phi) is 8.95. The molecule has 2 heterocycles. The number of piperidine rings is 1. The molecule has 9 nitrogen and oxygen atoms in total. The van der Waals surface area contributed by atoms with Gasteiger partial charge in [0, 0.05) is 38.8 Å². The number of hydrogen-bond acceptors (Lipinski definition) is 6. The molecule has 0 aromatic heterocycles. The largest absolute Gasteiger partial charge is 0.444 e. The zero-order valence-corrected chi connectivity index (χ0v) is 21.3. The number of nitrogens with one attached hydrogen (secondary N) is 1. The van der Waals surface area contributed by atoms with E-state index in [1.807, 2.05) is 51.1 Å². The number of hydrogen-bond donors (Lipinski definition) is 1. The summed E-state index contributed by atoms with van der Waals surface area (Å²) in [5.41, 5.74) is 0.209. The van der Waals surface area contributed by atoms with Crippen LogP contribution < -0.4 is 5.32 Å². The van der Waals surface area contributed by atoms with Gasteiger partial charge in [0.15, 0.2) is 0 Å². The molecule has 0 spiro atoms. The van der Waals surface area contributed by atoms with E-state index >= 15 is 0 Å². The third-order valence-corrected chi connectivity index (χ3v) is 8.00. The molecule has 0 bridgehead atoms. The molecule has 10 heteroatoms. The molecular formula is C24H38N4O5S. The number of nitrogens with zero attached hydrogens (tertiary/aromatic N) is 3. The van der Waals surface area contributed by atoms with Crippen LogP contribution in [0.4, 0.5) is 4.79 Å². The van der Waals surface area contributed by atoms with Gasteiger partial charge in [-0.25, -0.2) is 13.2 Å². The SMILES string of the molecule is CC(C)(C)OC(=O)NCC1CCCCN1CC(=O)N1CCN(S(=O)(=O)Cc2ccccc2)CC1. The van der Waals surface area contributed by atoms with Crippen molar-refractivity contribution in [1.29, 1.82) is 0 Å². The van der Waals surface area contributed by atoms with Gasteiger partial charge in [0.1, 0.15) is 5.60 Å². The molecule has 1 atom stereocenters. The lowest BCUT2D eigenvalue weighted by Crippen LogP contribution is -2.55. The van der Waals surface area contributed by atoms with Gasteiger partial charge in [-0.05, 0) is 45.7 Å². The standard InChI is InChI=1S/C24H38N4O5S/c1-24(2,3)33-23(30)25-17-21-11-7-8-12-27(21)18-22(29)26-13-15-28(16-14-26)34(31,32)19-20-9-5-4-6-10-20/h4-6,9-10,21H,7-8,11-19H2,1-3H3,(H,25,30). The van der Waals surface area contributed by atoms with E-state index in [4.69, 9.17) is 4.74 Å². The number of piperazine rings is 1. The second kappa shape index (κ2) is 11.5. The Balaban J connectivity index is 1.48. The van der Waals surface area contributed by atoms with E-state index < -0.39 is 21.7 Å². The molecule has 3 rings (SSSR count). The van der Waals surface area contributed by atoms with Gasteiger partial charge in [-0.3, -0.25) is 9.69 Å². The normalized spacial score (nSPS) is 20.7. The van der Waals surface area contributed by atoms with Crippen LogP contribution in [0.25, 0.3) is 0 Å². The lowest BCUT2D eigenvalue weighted by molar-refractivity contribution is -0.134. The van der Waals surface area contributed by atoms with Gasteiger partial charge in [0.05, 0.1) is 12.3 Å². The summed E-state index contributed by atoms with van der Waals surface area (Å²) in [6.07, 6.45) is 2.54. The van der Waals surface area contributed by atoms with Crippen LogP contribution in [-0.2, 0) is 25.3 Å². The first kappa shape index (κ1) is 26.4. The number of likely N-dealkylation sites (tertiary alicyclic amines) is 1. The average molecular weight is 495 g/mol. The molecule has 0 aliphatic carbocycles. The predicted molar refractivity (Wildman–Crippen MR) is 131 cm³/mol. The highest BCUT2D eigenvalue weighted by Crippen LogP contribution is 2.18. The summed E-state index contributed by atoms with van der Waals surface area (Å²) in [6.45, 7) is 8.39. The van der Waals surface area contributed by atoms with Crippen LogP contribution in [0.3, 0.4) is 0 Å². The van der Waals surface area contributed by atoms with Crippen molar-refractivity contribution in [3.05, 3.63) is 35.9 Å². The molecule has 0 radical (unpaired) electrons. The van der Waals surface area contributed by atoms with Gasteiger partial charge in [-0.15, -0.1) is 0 Å². The van der Waals surface area contributed by atoms with Crippen LogP contribution in [0.15, 0.2) is 30.3 Å². The molecule has 2 fully saturated rings. The van der Waals surface area contributed by atoms with Crippen molar-refractivity contribution in [3.8, 4) is 0 Å². The monoisotopic (exact) mass is 494 g/mol. The minimum Gasteiger partial charge on any atom is -0.444 e. The van der Waals surface area contributed by atoms with Gasteiger partial charge in [-0.1, -0.05) is 36.8 Å². The number of alkyl carbamates (subject to hydrolysis) is 1. The number of ether oxygens (including phenoxy) is 1. The van der Waals surface area contributed by atoms with E-state index in [1.54, 1.807) is 4.90 Å². The number of benzene rings is 1. The summed E-state index contributed by atoms with van der Waals surface area (Å²) in [5, 5.41) is 2.83. The average Bonchev–Trinajstić information content (AvgIpc) is 2.78. The molecule has 2 amide bonds. The maximum absolute atomic E-state index is 13.0. The van der Waals surface area contributed by atoms with Crippen molar-refractivity contribution < 1.29 is 22.7 Å². The topological polar surface area (TPSA) is 99.3 Å². The first-order valence-electron chi connectivity index (χ1n) is 12.0. The van der Waals surface area contributed by atoms with E-state index in [1.165, 1.54) is 4.31 Å². The van der Waals surface area contributed by atoms with Crippen molar-refractivity contribution in [3.63, 3.8) is 0 Å². The first-order valence-corrected chi connectivity index (χ1v) is 13.6. The molecule has 2 aliphatic rings. The second-order valence-corrected chi connectivity index (χ2v) is 12.0. The van der Waals surface area contributed by atoms with Gasteiger partial charge in [-0.2, -0.15) is 4.31 Å². The zero-order valence-electron chi connectivity index (χ0n) is 20.5. The van der Waals surface area contributed by atoms with Crippen molar-refractivity contribution >= 4 is 22.0 Å². The summed E-state index contributed by atoms with van der Waals surface area (Å²) in [7, 11) is -3.42. The number of carbonyl (C=O) groups excluding carboxylic acids is 2. The highest BCUT2D eigenvalue weighted by atomic mass is 32.2. The Morgan fingerprint density at radius 3 is 2.35 bits per heavy atom. The molecule has 1 N–H and O–H groups in total. The maximum Gasteiger partial charge on any atom is 0.407 e. The second-order valence-electron chi connectivity index (χ2n) is 10.0. The van der Waals surface area contributed by atoms with Crippen molar-refractivity contribution in [2.45, 2.75) is 57.4 Å². The summed E-state index contributed by atoms with van der Waals surface area (Å²) < 4.78 is 32.4. The third-order valence-electron chi connectivity index (χ3n) is 6.14. The van der Waals surface area contributed by atoms with Crippen LogP contribution in [0.2, 0.25) is 0 Å². The van der Waals surface area contributed by atoms with E-state index in [0.29, 0.717) is 32.7 Å². The fourth-order valence-electron chi connectivity index (χ4n) is 4.38. The van der Waals surface area contributed by atoms with Crippen molar-refractivity contribution in [2.24, 2.45) is 0 Å². The summed E-state index contributed by atoms with van der Waals surface area (Å²) in [6, 6.07) is 9.23. The van der Waals surface area contributed by atoms with Gasteiger partial charge < -0.3 is 15.0 Å². The number of sulfonamides is 1. The molecule has 1 aromatic rings. The van der Waals surface area contributed by atoms with Crippen molar-refractivity contribution in [1.82, 2.24) is 19.4 Å². The zero-order chi connectivity index (χ0) is 24.8. The van der Waals surface area contributed by atoms with Crippen LogP contribution in [0.5, 0.6) is 0 Å². The number of amides is 2. The van der Waals surface area contributed by atoms with E-state index in [-0.39, 0.29) is 24.2 Å². The van der Waals surface area contributed by atoms with Crippen LogP contribution in [-0.4, -0.2) is 92.0 Å². The molecule has 2 aliphatic heterocycles. The van der Waals surface area contributed by atoms with Crippen molar-refractivity contribution in [2.75, 3.05) is 45.8 Å². The Bertz CT molecular complexity index is 924. The third kappa shape index (κ3) is 7.95. The Morgan fingerprint density at radius 2 is 1.71 bits per heavy atom. The lowest BCUT2D eigenvalue weighted by Gasteiger charge is -2.38. The highest BCUT2D eigenvalue weighted by Gasteiger charge is 2.31. The summed E-state index contributed by atoms with van der Waals surface area (Å²) in [5.74, 6) is -0.0219. The smallest absolute Gasteiger partial charge is 0.407 e. The summed E-state index contributed by atoms with van der Waals surface area (Å²) in [4.78, 5) is 28.9. The van der Waals surface area contributed by atoms with Crippen LogP contribution in [0.1, 0.15) is 45.6 Å². The molecule has 2 saturated heterocycles. The number of rotatable bonds is 7. The molecular weight excluding hydrogens is 456 g/mol. The maximum atomic E-state index is 13.0. The van der Waals surface area contributed by atoms with Crippen LogP contribution in [0, 0.1) is 0 Å². The predicted octanol–water partition coefficient (Wildman–Crippen LogP) is 2.04. The summed E-state index contributed by atoms with van der Waals surface area (Å²) >= 11 is 0. The molecule has 34 heavy (non-hydrogen) atoms. The highest BCUT2D eigenvalue weighted by molar-refractivity contribution is 7.88. The van der Waals surface area contributed by atoms with Gasteiger partial charge >= 0.3 is 6.09 Å². The molecule has 190 valence electrons. The first-order chi connectivity index (χ1) is 16.0. The van der Waals surface area contributed by atoms with E-state index in [9.17, 15) is 18.0 Å². The fourth-order valence-corrected chi connectivity index (χ4v) is 5.90. The van der Waals surface area contributed by atoms with E-state index in [0.717, 1.165) is 31.4 Å². The Labute approximate surface area is 203 Å². The Morgan fingerprint density at radius 1 is 1.03 bits per heavy atom. The Hall–Kier alpha value is -2.17. The quantitative estimate of drug-likeness (QED) is 0.623. The molecule has 1 aromatic carbocycles. The fraction of sp³-hybridized carbons (Fsp3) is 0.667. The van der Waals surface area contributed by atoms with Gasteiger partial charge in [0.2, 0.25) is 15.9 Å². The van der Waals surface area contributed by atoms with E-state index in [2.05, 4.69) is 10.2 Å². The minimum atomic E-state index is -3.42. The van der Waals surface area contributed by atoms with Gasteiger partial charge in [0.25, 0.3) is 0 Å². The van der Waals surface area contributed by atoms with Crippen LogP contribution >= 0.6 is 0 Å². The molecule has 1 unspecified atom stereocenters. The number of carbonyl (C=O) groups is 2. The molecule has 0 saturated carbocycles.